The van der Waals surface area contributed by atoms with Gasteiger partial charge in [0.25, 0.3) is 11.8 Å². The SMILES string of the molecule is C[C@@H]1CO[C@@H]2Cn3cc(C(=O)NCc4ccc(F)cc4F)c(=O)c(O)c3C(=O)N2C1. The predicted molar refractivity (Wildman–Crippen MR) is 99.8 cm³/mol. The minimum absolute atomic E-state index is 0.0302. The van der Waals surface area contributed by atoms with Crippen LogP contribution in [0.4, 0.5) is 8.78 Å². The Kier molecular flexibility index (Phi) is 5.02. The van der Waals surface area contributed by atoms with Crippen molar-refractivity contribution in [1.29, 1.82) is 0 Å². The molecule has 4 rings (SSSR count). The summed E-state index contributed by atoms with van der Waals surface area (Å²) in [6.45, 7) is 2.68. The van der Waals surface area contributed by atoms with Crippen molar-refractivity contribution in [2.45, 2.75) is 26.2 Å². The molecule has 3 heterocycles. The first-order valence-corrected chi connectivity index (χ1v) is 9.37. The molecule has 2 aliphatic rings. The molecule has 2 aromatic rings. The lowest BCUT2D eigenvalue weighted by atomic mass is 10.1. The van der Waals surface area contributed by atoms with Gasteiger partial charge in [-0.1, -0.05) is 13.0 Å². The summed E-state index contributed by atoms with van der Waals surface area (Å²) in [6.07, 6.45) is 0.622. The zero-order chi connectivity index (χ0) is 21.6. The number of benzene rings is 1. The van der Waals surface area contributed by atoms with Crippen molar-refractivity contribution in [3.05, 3.63) is 63.1 Å². The maximum absolute atomic E-state index is 13.7. The highest BCUT2D eigenvalue weighted by Crippen LogP contribution is 2.27. The monoisotopic (exact) mass is 419 g/mol. The highest BCUT2D eigenvalue weighted by molar-refractivity contribution is 5.99. The van der Waals surface area contributed by atoms with Crippen LogP contribution in [0.2, 0.25) is 0 Å². The molecule has 0 unspecified atom stereocenters. The summed E-state index contributed by atoms with van der Waals surface area (Å²) in [5, 5.41) is 12.7. The van der Waals surface area contributed by atoms with Gasteiger partial charge in [0, 0.05) is 30.9 Å². The molecule has 1 aromatic carbocycles. The van der Waals surface area contributed by atoms with Crippen LogP contribution < -0.4 is 10.7 Å². The lowest BCUT2D eigenvalue weighted by Gasteiger charge is -2.42. The number of carbonyl (C=O) groups is 2. The molecule has 2 atom stereocenters. The molecule has 2 aliphatic heterocycles. The van der Waals surface area contributed by atoms with Crippen molar-refractivity contribution in [2.24, 2.45) is 5.92 Å². The highest BCUT2D eigenvalue weighted by atomic mass is 19.1. The van der Waals surface area contributed by atoms with Gasteiger partial charge < -0.3 is 24.6 Å². The number of nitrogens with one attached hydrogen (secondary N) is 1. The Bertz CT molecular complexity index is 1100. The van der Waals surface area contributed by atoms with E-state index >= 15 is 0 Å². The van der Waals surface area contributed by atoms with E-state index in [0.717, 1.165) is 6.07 Å². The number of hydrogen-bond donors (Lipinski definition) is 2. The Morgan fingerprint density at radius 2 is 2.07 bits per heavy atom. The fourth-order valence-electron chi connectivity index (χ4n) is 3.66. The largest absolute Gasteiger partial charge is 0.503 e. The normalized spacial score (nSPS) is 20.5. The third-order valence-electron chi connectivity index (χ3n) is 5.20. The summed E-state index contributed by atoms with van der Waals surface area (Å²) in [7, 11) is 0. The van der Waals surface area contributed by atoms with Crippen LogP contribution in [-0.4, -0.2) is 45.8 Å². The van der Waals surface area contributed by atoms with Gasteiger partial charge in [0.15, 0.2) is 17.7 Å². The number of aromatic nitrogens is 1. The van der Waals surface area contributed by atoms with E-state index < -0.39 is 46.4 Å². The van der Waals surface area contributed by atoms with Crippen LogP contribution in [0.1, 0.15) is 33.3 Å². The third kappa shape index (κ3) is 3.43. The van der Waals surface area contributed by atoms with Crippen LogP contribution in [0.3, 0.4) is 0 Å². The third-order valence-corrected chi connectivity index (χ3v) is 5.20. The van der Waals surface area contributed by atoms with Gasteiger partial charge in [0.1, 0.15) is 17.2 Å². The molecule has 10 heteroatoms. The first kappa shape index (κ1) is 20.0. The van der Waals surface area contributed by atoms with Crippen molar-refractivity contribution >= 4 is 11.8 Å². The first-order chi connectivity index (χ1) is 14.3. The number of ether oxygens (including phenoxy) is 1. The molecule has 0 bridgehead atoms. The van der Waals surface area contributed by atoms with Crippen molar-refractivity contribution in [2.75, 3.05) is 13.2 Å². The summed E-state index contributed by atoms with van der Waals surface area (Å²) in [4.78, 5) is 39.3. The maximum Gasteiger partial charge on any atom is 0.276 e. The van der Waals surface area contributed by atoms with E-state index in [1.54, 1.807) is 0 Å². The summed E-state index contributed by atoms with van der Waals surface area (Å²) in [6, 6.07) is 2.91. The van der Waals surface area contributed by atoms with Gasteiger partial charge in [-0.3, -0.25) is 14.4 Å². The van der Waals surface area contributed by atoms with E-state index in [1.165, 1.54) is 21.7 Å². The number of fused-ring (bicyclic) bond motifs is 2. The summed E-state index contributed by atoms with van der Waals surface area (Å²) in [5.41, 5.74) is -1.57. The van der Waals surface area contributed by atoms with Gasteiger partial charge in [-0.2, -0.15) is 0 Å². The van der Waals surface area contributed by atoms with Gasteiger partial charge in [0.2, 0.25) is 5.43 Å². The van der Waals surface area contributed by atoms with Gasteiger partial charge in [-0.05, 0) is 12.0 Å². The maximum atomic E-state index is 13.7. The van der Waals surface area contributed by atoms with Crippen molar-refractivity contribution in [3.8, 4) is 5.75 Å². The van der Waals surface area contributed by atoms with Crippen LogP contribution in [0.15, 0.2) is 29.2 Å². The Hall–Kier alpha value is -3.27. The van der Waals surface area contributed by atoms with E-state index in [2.05, 4.69) is 5.32 Å². The van der Waals surface area contributed by atoms with E-state index in [9.17, 15) is 28.3 Å². The molecule has 158 valence electrons. The highest BCUT2D eigenvalue weighted by Gasteiger charge is 2.39. The topological polar surface area (TPSA) is 101 Å². The Morgan fingerprint density at radius 3 is 2.80 bits per heavy atom. The van der Waals surface area contributed by atoms with E-state index in [-0.39, 0.29) is 30.3 Å². The second-order valence-corrected chi connectivity index (χ2v) is 7.49. The smallest absolute Gasteiger partial charge is 0.276 e. The average molecular weight is 419 g/mol. The first-order valence-electron chi connectivity index (χ1n) is 9.37. The average Bonchev–Trinajstić information content (AvgIpc) is 2.70. The number of pyridine rings is 1. The lowest BCUT2D eigenvalue weighted by molar-refractivity contribution is -0.111. The van der Waals surface area contributed by atoms with E-state index in [1.807, 2.05) is 6.92 Å². The molecule has 1 aromatic heterocycles. The van der Waals surface area contributed by atoms with Crippen molar-refractivity contribution in [1.82, 2.24) is 14.8 Å². The number of amides is 2. The molecule has 1 fully saturated rings. The summed E-state index contributed by atoms with van der Waals surface area (Å²) in [5.74, 6) is -3.71. The van der Waals surface area contributed by atoms with Gasteiger partial charge >= 0.3 is 0 Å². The number of halogens is 2. The Labute approximate surface area is 169 Å². The fourth-order valence-corrected chi connectivity index (χ4v) is 3.66. The lowest BCUT2D eigenvalue weighted by Crippen LogP contribution is -2.55. The molecular weight excluding hydrogens is 400 g/mol. The zero-order valence-electron chi connectivity index (χ0n) is 16.0. The van der Waals surface area contributed by atoms with E-state index in [0.29, 0.717) is 19.2 Å². The molecule has 30 heavy (non-hydrogen) atoms. The minimum atomic E-state index is -1.00. The zero-order valence-corrected chi connectivity index (χ0v) is 16.0. The second-order valence-electron chi connectivity index (χ2n) is 7.49. The molecule has 2 N–H and O–H groups in total. The van der Waals surface area contributed by atoms with Gasteiger partial charge in [-0.25, -0.2) is 8.78 Å². The number of hydrogen-bond acceptors (Lipinski definition) is 5. The molecular formula is C20H19F2N3O5. The molecule has 0 spiro atoms. The van der Waals surface area contributed by atoms with Crippen molar-refractivity contribution in [3.63, 3.8) is 0 Å². The van der Waals surface area contributed by atoms with Gasteiger partial charge in [-0.15, -0.1) is 0 Å². The van der Waals surface area contributed by atoms with Gasteiger partial charge in [0.05, 0.1) is 13.2 Å². The van der Waals surface area contributed by atoms with Crippen LogP contribution in [0.25, 0.3) is 0 Å². The van der Waals surface area contributed by atoms with Crippen LogP contribution in [-0.2, 0) is 17.8 Å². The predicted octanol–water partition coefficient (Wildman–Crippen LogP) is 1.21. The molecule has 1 saturated heterocycles. The molecule has 0 radical (unpaired) electrons. The van der Waals surface area contributed by atoms with E-state index in [4.69, 9.17) is 4.74 Å². The van der Waals surface area contributed by atoms with Crippen LogP contribution >= 0.6 is 0 Å². The molecule has 0 saturated carbocycles. The Morgan fingerprint density at radius 1 is 1.30 bits per heavy atom. The molecule has 0 aliphatic carbocycles. The van der Waals surface area contributed by atoms with Crippen LogP contribution in [0.5, 0.6) is 5.75 Å². The number of rotatable bonds is 3. The Balaban J connectivity index is 1.61. The van der Waals surface area contributed by atoms with Crippen molar-refractivity contribution < 1.29 is 28.2 Å². The number of carbonyl (C=O) groups excluding carboxylic acids is 2. The quantitative estimate of drug-likeness (QED) is 0.779. The summed E-state index contributed by atoms with van der Waals surface area (Å²) < 4.78 is 33.7. The standard InChI is InChI=1S/C20H19F2N3O5/c1-10-6-25-15(30-9-10)8-24-7-13(17(26)18(27)16(24)20(25)29)19(28)23-5-11-2-3-12(21)4-14(11)22/h2-4,7,10,15,27H,5-6,8-9H2,1H3,(H,23,28)/t10-,15+/m0/s1. The molecule has 2 amide bonds. The fraction of sp³-hybridized carbons (Fsp3) is 0.350. The molecule has 8 nitrogen and oxygen atoms in total. The summed E-state index contributed by atoms with van der Waals surface area (Å²) >= 11 is 0. The number of aromatic hydroxyl groups is 1. The van der Waals surface area contributed by atoms with Crippen LogP contribution in [0, 0.1) is 17.6 Å². The second kappa shape index (κ2) is 7.52. The number of nitrogens with zero attached hydrogens (tertiary/aromatic N) is 2. The minimum Gasteiger partial charge on any atom is -0.503 e.